The Kier molecular flexibility index (Phi) is 5.01. The fourth-order valence-corrected chi connectivity index (χ4v) is 3.12. The van der Waals surface area contributed by atoms with Gasteiger partial charge in [0.15, 0.2) is 0 Å². The lowest BCUT2D eigenvalue weighted by molar-refractivity contribution is -0.118. The minimum atomic E-state index is -0.743. The van der Waals surface area contributed by atoms with Gasteiger partial charge in [-0.2, -0.15) is 0 Å². The summed E-state index contributed by atoms with van der Waals surface area (Å²) < 4.78 is 27.4. The average Bonchev–Trinajstić information content (AvgIpc) is 3.07. The summed E-state index contributed by atoms with van der Waals surface area (Å²) in [4.78, 5) is 15.0. The summed E-state index contributed by atoms with van der Waals surface area (Å²) in [6.07, 6.45) is 0.156. The van der Waals surface area contributed by atoms with Gasteiger partial charge in [-0.1, -0.05) is 36.4 Å². The van der Waals surface area contributed by atoms with Crippen molar-refractivity contribution in [3.05, 3.63) is 88.1 Å². The molecule has 0 atom stereocenters. The lowest BCUT2D eigenvalue weighted by Gasteiger charge is -2.23. The van der Waals surface area contributed by atoms with E-state index in [1.54, 1.807) is 0 Å². The first kappa shape index (κ1) is 16.3. The van der Waals surface area contributed by atoms with E-state index in [1.807, 2.05) is 47.8 Å². The predicted octanol–water partition coefficient (Wildman–Crippen LogP) is 4.80. The van der Waals surface area contributed by atoms with Crippen molar-refractivity contribution in [2.75, 3.05) is 4.90 Å². The van der Waals surface area contributed by atoms with E-state index in [0.717, 1.165) is 22.6 Å². The van der Waals surface area contributed by atoms with Crippen LogP contribution < -0.4 is 4.90 Å². The number of thiophene rings is 1. The molecule has 24 heavy (non-hydrogen) atoms. The summed E-state index contributed by atoms with van der Waals surface area (Å²) in [7, 11) is 0. The third-order valence-electron chi connectivity index (χ3n) is 3.59. The second-order valence-electron chi connectivity index (χ2n) is 5.32. The lowest BCUT2D eigenvalue weighted by atomic mass is 10.1. The zero-order valence-electron chi connectivity index (χ0n) is 12.8. The molecule has 0 saturated carbocycles. The monoisotopic (exact) mass is 343 g/mol. The molecule has 0 spiro atoms. The van der Waals surface area contributed by atoms with Gasteiger partial charge in [0.1, 0.15) is 11.6 Å². The third kappa shape index (κ3) is 3.86. The van der Waals surface area contributed by atoms with Crippen LogP contribution >= 0.6 is 11.3 Å². The molecule has 0 aliphatic carbocycles. The molecule has 0 radical (unpaired) electrons. The van der Waals surface area contributed by atoms with E-state index in [2.05, 4.69) is 0 Å². The van der Waals surface area contributed by atoms with Crippen molar-refractivity contribution < 1.29 is 13.6 Å². The van der Waals surface area contributed by atoms with Crippen molar-refractivity contribution in [1.82, 2.24) is 0 Å². The molecule has 0 aliphatic rings. The minimum Gasteiger partial charge on any atom is -0.304 e. The number of hydrogen-bond donors (Lipinski definition) is 0. The van der Waals surface area contributed by atoms with E-state index in [4.69, 9.17) is 0 Å². The molecule has 1 aromatic heterocycles. The van der Waals surface area contributed by atoms with Gasteiger partial charge in [-0.25, -0.2) is 8.78 Å². The van der Waals surface area contributed by atoms with Crippen LogP contribution in [0.15, 0.2) is 66.0 Å². The lowest BCUT2D eigenvalue weighted by Crippen LogP contribution is -2.32. The van der Waals surface area contributed by atoms with Gasteiger partial charge in [-0.3, -0.25) is 4.79 Å². The number of hydrogen-bond acceptors (Lipinski definition) is 2. The maximum Gasteiger partial charge on any atom is 0.231 e. The average molecular weight is 343 g/mol. The number of rotatable bonds is 5. The zero-order chi connectivity index (χ0) is 16.9. The van der Waals surface area contributed by atoms with Crippen molar-refractivity contribution >= 4 is 22.9 Å². The van der Waals surface area contributed by atoms with Crippen molar-refractivity contribution in [3.63, 3.8) is 0 Å². The minimum absolute atomic E-state index is 0.0886. The Hall–Kier alpha value is -2.53. The number of carbonyl (C=O) groups is 1. The molecule has 2 aromatic carbocycles. The highest BCUT2D eigenvalue weighted by Gasteiger charge is 2.20. The van der Waals surface area contributed by atoms with Crippen LogP contribution in [0.25, 0.3) is 0 Å². The Morgan fingerprint density at radius 3 is 2.46 bits per heavy atom. The van der Waals surface area contributed by atoms with Crippen molar-refractivity contribution in [1.29, 1.82) is 0 Å². The smallest absolute Gasteiger partial charge is 0.231 e. The molecular formula is C19H15F2NOS. The van der Waals surface area contributed by atoms with E-state index in [0.29, 0.717) is 0 Å². The van der Waals surface area contributed by atoms with Crippen molar-refractivity contribution in [2.24, 2.45) is 0 Å². The molecule has 1 heterocycles. The highest BCUT2D eigenvalue weighted by Crippen LogP contribution is 2.24. The summed E-state index contributed by atoms with van der Waals surface area (Å²) in [5.41, 5.74) is 0.937. The van der Waals surface area contributed by atoms with E-state index < -0.39 is 11.6 Å². The van der Waals surface area contributed by atoms with Crippen LogP contribution in [-0.4, -0.2) is 5.91 Å². The van der Waals surface area contributed by atoms with Crippen molar-refractivity contribution in [3.8, 4) is 0 Å². The molecule has 3 rings (SSSR count). The molecule has 3 aromatic rings. The van der Waals surface area contributed by atoms with Crippen LogP contribution in [0.1, 0.15) is 10.4 Å². The van der Waals surface area contributed by atoms with Crippen LogP contribution in [-0.2, 0) is 17.8 Å². The Morgan fingerprint density at radius 2 is 1.79 bits per heavy atom. The highest BCUT2D eigenvalue weighted by atomic mass is 32.1. The second kappa shape index (κ2) is 7.36. The van der Waals surface area contributed by atoms with Gasteiger partial charge in [-0.05, 0) is 29.1 Å². The summed E-state index contributed by atoms with van der Waals surface area (Å²) in [5.74, 6) is -1.64. The molecule has 0 fully saturated rings. The van der Waals surface area contributed by atoms with E-state index in [9.17, 15) is 13.6 Å². The summed E-state index contributed by atoms with van der Waals surface area (Å²) in [6.45, 7) is 0.256. The number of benzene rings is 2. The maximum atomic E-state index is 14.2. The standard InChI is InChI=1S/C19H15F2NOS/c20-15-8-9-18(17(21)12-15)22(13-16-7-4-10-24-16)19(23)11-14-5-2-1-3-6-14/h1-10,12H,11,13H2. The van der Waals surface area contributed by atoms with E-state index in [-0.39, 0.29) is 24.6 Å². The highest BCUT2D eigenvalue weighted by molar-refractivity contribution is 7.09. The number of carbonyl (C=O) groups excluding carboxylic acids is 1. The SMILES string of the molecule is O=C(Cc1ccccc1)N(Cc1cccs1)c1ccc(F)cc1F. The van der Waals surface area contributed by atoms with Crippen molar-refractivity contribution in [2.45, 2.75) is 13.0 Å². The van der Waals surface area contributed by atoms with Gasteiger partial charge < -0.3 is 4.90 Å². The molecule has 122 valence electrons. The third-order valence-corrected chi connectivity index (χ3v) is 4.45. The zero-order valence-corrected chi connectivity index (χ0v) is 13.6. The predicted molar refractivity (Wildman–Crippen MR) is 92.0 cm³/mol. The first-order valence-electron chi connectivity index (χ1n) is 7.45. The van der Waals surface area contributed by atoms with Gasteiger partial charge in [0.25, 0.3) is 0 Å². The van der Waals surface area contributed by atoms with E-state index >= 15 is 0 Å². The molecule has 1 amide bonds. The van der Waals surface area contributed by atoms with Gasteiger partial charge in [0.05, 0.1) is 18.7 Å². The molecule has 0 unspecified atom stereocenters. The number of nitrogens with zero attached hydrogens (tertiary/aromatic N) is 1. The summed E-state index contributed by atoms with van der Waals surface area (Å²) in [6, 6.07) is 16.3. The van der Waals surface area contributed by atoms with Crippen LogP contribution in [0.5, 0.6) is 0 Å². The fraction of sp³-hybridized carbons (Fsp3) is 0.105. The van der Waals surface area contributed by atoms with Gasteiger partial charge in [0, 0.05) is 10.9 Å². The number of anilines is 1. The molecule has 5 heteroatoms. The first-order chi connectivity index (χ1) is 11.6. The Morgan fingerprint density at radius 1 is 1.00 bits per heavy atom. The van der Waals surface area contributed by atoms with Crippen LogP contribution in [0, 0.1) is 11.6 Å². The fourth-order valence-electron chi connectivity index (χ4n) is 2.43. The quantitative estimate of drug-likeness (QED) is 0.651. The molecule has 0 saturated heterocycles. The Balaban J connectivity index is 1.90. The van der Waals surface area contributed by atoms with Crippen LogP contribution in [0.4, 0.5) is 14.5 Å². The molecule has 2 nitrogen and oxygen atoms in total. The molecule has 0 bridgehead atoms. The molecular weight excluding hydrogens is 328 g/mol. The van der Waals surface area contributed by atoms with E-state index in [1.165, 1.54) is 22.3 Å². The summed E-state index contributed by atoms with van der Waals surface area (Å²) in [5, 5.41) is 1.90. The number of halogens is 2. The second-order valence-corrected chi connectivity index (χ2v) is 6.35. The van der Waals surface area contributed by atoms with Gasteiger partial charge in [-0.15, -0.1) is 11.3 Å². The Bertz CT molecular complexity index is 819. The Labute approximate surface area is 143 Å². The molecule has 0 N–H and O–H groups in total. The normalized spacial score (nSPS) is 10.6. The van der Waals surface area contributed by atoms with Gasteiger partial charge in [0.2, 0.25) is 5.91 Å². The van der Waals surface area contributed by atoms with Crippen LogP contribution in [0.3, 0.4) is 0 Å². The number of amides is 1. The topological polar surface area (TPSA) is 20.3 Å². The van der Waals surface area contributed by atoms with Crippen LogP contribution in [0.2, 0.25) is 0 Å². The summed E-state index contributed by atoms with van der Waals surface area (Å²) >= 11 is 1.49. The largest absolute Gasteiger partial charge is 0.304 e. The first-order valence-corrected chi connectivity index (χ1v) is 8.33. The van der Waals surface area contributed by atoms with Gasteiger partial charge >= 0.3 is 0 Å². The maximum absolute atomic E-state index is 14.2. The molecule has 0 aliphatic heterocycles.